The number of phosphoric acid groups is 2. The van der Waals surface area contributed by atoms with Gasteiger partial charge in [0.1, 0.15) is 19.3 Å². The third-order valence-corrected chi connectivity index (χ3v) is 23.2. The van der Waals surface area contributed by atoms with E-state index in [1.54, 1.807) is 0 Å². The lowest BCUT2D eigenvalue weighted by atomic mass is 10.0. The average molecular weight is 1590 g/mol. The van der Waals surface area contributed by atoms with Gasteiger partial charge in [-0.3, -0.25) is 37.3 Å². The van der Waals surface area contributed by atoms with Gasteiger partial charge in [0.15, 0.2) is 12.2 Å². The van der Waals surface area contributed by atoms with E-state index < -0.39 is 97.5 Å². The minimum absolute atomic E-state index is 0.108. The van der Waals surface area contributed by atoms with E-state index in [4.69, 9.17) is 37.0 Å². The van der Waals surface area contributed by atoms with Crippen molar-refractivity contribution in [3.8, 4) is 0 Å². The zero-order chi connectivity index (χ0) is 79.7. The summed E-state index contributed by atoms with van der Waals surface area (Å²) in [6, 6.07) is 0. The van der Waals surface area contributed by atoms with Crippen molar-refractivity contribution in [2.24, 2.45) is 5.92 Å². The Kier molecular flexibility index (Phi) is 81.1. The monoisotopic (exact) mass is 1590 g/mol. The SMILES string of the molecule is CCCCCCCCCCCCCCCCCCCCCCCCC(=O)O[C@H](COC(=O)CCCCCCCCCCCCCCCCCCCCC(C)C)COP(=O)(O)OC[C@@H](O)COP(=O)(O)OC[C@@H](COC(=O)CCCCCCC)OC(=O)CCCCCCCCCCCCCCCCCCCCCCC. The van der Waals surface area contributed by atoms with E-state index in [2.05, 4.69) is 34.6 Å². The number of unbranched alkanes of at least 4 members (excludes halogenated alkanes) is 62. The Morgan fingerprint density at radius 1 is 0.248 bits per heavy atom. The Bertz CT molecular complexity index is 2070. The Morgan fingerprint density at radius 3 is 0.624 bits per heavy atom. The van der Waals surface area contributed by atoms with Crippen LogP contribution in [0.1, 0.15) is 490 Å². The van der Waals surface area contributed by atoms with Crippen LogP contribution in [0.25, 0.3) is 0 Å². The third-order valence-electron chi connectivity index (χ3n) is 21.3. The lowest BCUT2D eigenvalue weighted by Gasteiger charge is -2.21. The number of hydrogen-bond donors (Lipinski definition) is 3. The van der Waals surface area contributed by atoms with E-state index in [1.807, 2.05) is 0 Å². The summed E-state index contributed by atoms with van der Waals surface area (Å²) >= 11 is 0. The predicted octanol–water partition coefficient (Wildman–Crippen LogP) is 27.9. The number of hydrogen-bond acceptors (Lipinski definition) is 15. The van der Waals surface area contributed by atoms with E-state index in [-0.39, 0.29) is 25.7 Å². The van der Waals surface area contributed by atoms with E-state index in [1.165, 1.54) is 308 Å². The number of carbonyl (C=O) groups excluding carboxylic acids is 4. The highest BCUT2D eigenvalue weighted by molar-refractivity contribution is 7.47. The summed E-state index contributed by atoms with van der Waals surface area (Å²) < 4.78 is 68.7. The molecule has 0 radical (unpaired) electrons. The van der Waals surface area contributed by atoms with Gasteiger partial charge in [0.05, 0.1) is 26.4 Å². The van der Waals surface area contributed by atoms with E-state index in [0.29, 0.717) is 25.7 Å². The van der Waals surface area contributed by atoms with Crippen molar-refractivity contribution in [3.05, 3.63) is 0 Å². The summed E-state index contributed by atoms with van der Waals surface area (Å²) in [5.41, 5.74) is 0. The van der Waals surface area contributed by atoms with Gasteiger partial charge in [-0.1, -0.05) is 439 Å². The molecule has 5 atom stereocenters. The Hall–Kier alpha value is -1.94. The number of rotatable bonds is 90. The molecule has 0 aromatic heterocycles. The first-order valence-electron chi connectivity index (χ1n) is 46.6. The fourth-order valence-electron chi connectivity index (χ4n) is 14.2. The molecule has 0 aliphatic heterocycles. The second kappa shape index (κ2) is 82.6. The summed E-state index contributed by atoms with van der Waals surface area (Å²) in [6.45, 7) is 7.33. The Labute approximate surface area is 670 Å². The van der Waals surface area contributed by atoms with Crippen LogP contribution in [0.2, 0.25) is 0 Å². The van der Waals surface area contributed by atoms with Crippen LogP contribution in [0.3, 0.4) is 0 Å². The minimum atomic E-state index is -4.96. The molecule has 0 aliphatic carbocycles. The fourth-order valence-corrected chi connectivity index (χ4v) is 15.8. The molecule has 0 spiro atoms. The highest BCUT2D eigenvalue weighted by atomic mass is 31.2. The summed E-state index contributed by atoms with van der Waals surface area (Å²) in [5.74, 6) is -1.29. The summed E-state index contributed by atoms with van der Waals surface area (Å²) in [4.78, 5) is 73.0. The van der Waals surface area contributed by atoms with Crippen molar-refractivity contribution in [1.29, 1.82) is 0 Å². The molecule has 0 aliphatic rings. The first kappa shape index (κ1) is 107. The van der Waals surface area contributed by atoms with Crippen LogP contribution in [-0.4, -0.2) is 96.7 Å². The van der Waals surface area contributed by atoms with Gasteiger partial charge in [-0.05, 0) is 31.6 Å². The second-order valence-electron chi connectivity index (χ2n) is 32.8. The van der Waals surface area contributed by atoms with Gasteiger partial charge in [0, 0.05) is 25.7 Å². The molecule has 2 unspecified atom stereocenters. The summed E-state index contributed by atoms with van der Waals surface area (Å²) in [5, 5.41) is 10.7. The number of aliphatic hydroxyl groups excluding tert-OH is 1. The van der Waals surface area contributed by atoms with Crippen molar-refractivity contribution in [2.75, 3.05) is 39.6 Å². The first-order valence-corrected chi connectivity index (χ1v) is 49.6. The minimum Gasteiger partial charge on any atom is -0.462 e. The van der Waals surface area contributed by atoms with Crippen LogP contribution in [0.15, 0.2) is 0 Å². The van der Waals surface area contributed by atoms with Gasteiger partial charge in [-0.25, -0.2) is 9.13 Å². The van der Waals surface area contributed by atoms with Crippen molar-refractivity contribution < 1.29 is 80.2 Å². The average Bonchev–Trinajstić information content (AvgIpc) is 0.899. The van der Waals surface area contributed by atoms with Crippen LogP contribution < -0.4 is 0 Å². The van der Waals surface area contributed by atoms with Crippen LogP contribution in [0, 0.1) is 5.92 Å². The highest BCUT2D eigenvalue weighted by Crippen LogP contribution is 2.45. The van der Waals surface area contributed by atoms with Gasteiger partial charge in [0.2, 0.25) is 0 Å². The normalized spacial score (nSPS) is 13.7. The van der Waals surface area contributed by atoms with Crippen molar-refractivity contribution in [1.82, 2.24) is 0 Å². The topological polar surface area (TPSA) is 237 Å². The molecule has 0 saturated carbocycles. The molecule has 0 rings (SSSR count). The molecule has 0 aromatic rings. The Balaban J connectivity index is 5.07. The molecular weight excluding hydrogens is 1410 g/mol. The molecule has 0 bridgehead atoms. The van der Waals surface area contributed by atoms with E-state index >= 15 is 0 Å². The number of esters is 4. The standard InChI is InChI=1S/C90H176O17P2/c1-6-9-12-15-17-19-21-23-25-27-29-31-33-35-41-45-49-53-57-61-66-71-76-90(95)107-86(80-101-88(93)74-69-64-59-55-51-47-43-39-37-36-38-42-46-50-54-58-63-67-72-83(4)5)82-105-109(98,99)103-78-84(91)77-102-108(96,97)104-81-85(79-100-87(92)73-68-62-14-11-8-3)106-89(94)75-70-65-60-56-52-48-44-40-34-32-30-28-26-24-22-20-18-16-13-10-7-2/h83-86,91H,6-82H2,1-5H3,(H,96,97)(H,98,99)/t84-,85+,86+/m0/s1. The molecular formula is C90H176O17P2. The maximum absolute atomic E-state index is 13.2. The zero-order valence-electron chi connectivity index (χ0n) is 71.7. The lowest BCUT2D eigenvalue weighted by Crippen LogP contribution is -2.30. The molecule has 0 aromatic carbocycles. The maximum Gasteiger partial charge on any atom is 0.472 e. The van der Waals surface area contributed by atoms with Crippen LogP contribution in [0.4, 0.5) is 0 Å². The van der Waals surface area contributed by atoms with Crippen molar-refractivity contribution in [3.63, 3.8) is 0 Å². The van der Waals surface area contributed by atoms with E-state index in [0.717, 1.165) is 102 Å². The van der Waals surface area contributed by atoms with Gasteiger partial charge in [0.25, 0.3) is 0 Å². The van der Waals surface area contributed by atoms with Crippen molar-refractivity contribution >= 4 is 39.5 Å². The van der Waals surface area contributed by atoms with Gasteiger partial charge in [-0.15, -0.1) is 0 Å². The number of ether oxygens (including phenoxy) is 4. The molecule has 0 amide bonds. The lowest BCUT2D eigenvalue weighted by molar-refractivity contribution is -0.161. The van der Waals surface area contributed by atoms with Gasteiger partial charge >= 0.3 is 39.5 Å². The molecule has 0 fully saturated rings. The number of aliphatic hydroxyl groups is 1. The number of carbonyl (C=O) groups is 4. The zero-order valence-corrected chi connectivity index (χ0v) is 73.5. The maximum atomic E-state index is 13.2. The largest absolute Gasteiger partial charge is 0.472 e. The van der Waals surface area contributed by atoms with E-state index in [9.17, 15) is 43.2 Å². The second-order valence-corrected chi connectivity index (χ2v) is 35.7. The molecule has 3 N–H and O–H groups in total. The third kappa shape index (κ3) is 83.8. The number of phosphoric ester groups is 2. The molecule has 648 valence electrons. The van der Waals surface area contributed by atoms with Gasteiger partial charge < -0.3 is 33.8 Å². The van der Waals surface area contributed by atoms with Crippen LogP contribution >= 0.6 is 15.6 Å². The van der Waals surface area contributed by atoms with Crippen LogP contribution in [0.5, 0.6) is 0 Å². The molecule has 19 heteroatoms. The molecule has 0 heterocycles. The molecule has 17 nitrogen and oxygen atoms in total. The molecule has 109 heavy (non-hydrogen) atoms. The van der Waals surface area contributed by atoms with Gasteiger partial charge in [-0.2, -0.15) is 0 Å². The predicted molar refractivity (Wildman–Crippen MR) is 451 cm³/mol. The first-order chi connectivity index (χ1) is 53.0. The van der Waals surface area contributed by atoms with Crippen LogP contribution in [-0.2, 0) is 65.4 Å². The Morgan fingerprint density at radius 2 is 0.422 bits per heavy atom. The fraction of sp³-hybridized carbons (Fsp3) is 0.956. The molecule has 0 saturated heterocycles. The summed E-state index contributed by atoms with van der Waals surface area (Å²) in [6.07, 6.45) is 78.6. The van der Waals surface area contributed by atoms with Crippen molar-refractivity contribution in [2.45, 2.75) is 509 Å². The smallest absolute Gasteiger partial charge is 0.462 e. The summed E-state index contributed by atoms with van der Waals surface area (Å²) in [7, 11) is -9.92. The quantitative estimate of drug-likeness (QED) is 0.0222. The highest BCUT2D eigenvalue weighted by Gasteiger charge is 2.31.